The van der Waals surface area contributed by atoms with E-state index in [0.29, 0.717) is 0 Å². The minimum atomic E-state index is 1.10. The van der Waals surface area contributed by atoms with Crippen molar-refractivity contribution in [2.24, 2.45) is 0 Å². The van der Waals surface area contributed by atoms with Crippen LogP contribution in [0.4, 0.5) is 17.1 Å². The molecule has 0 N–H and O–H groups in total. The molecule has 14 aromatic rings. The molecule has 2 heterocycles. The number of anilines is 3. The van der Waals surface area contributed by atoms with Gasteiger partial charge in [0, 0.05) is 50.0 Å². The molecular weight excluding hydrogens is 907 g/mol. The van der Waals surface area contributed by atoms with E-state index in [-0.39, 0.29) is 0 Å². The zero-order valence-corrected chi connectivity index (χ0v) is 41.1. The van der Waals surface area contributed by atoms with Crippen LogP contribution in [0.15, 0.2) is 297 Å². The lowest BCUT2D eigenvalue weighted by atomic mass is 9.91. The predicted molar refractivity (Wildman–Crippen MR) is 317 cm³/mol. The van der Waals surface area contributed by atoms with Crippen LogP contribution in [0.5, 0.6) is 0 Å². The maximum atomic E-state index is 2.39. The van der Waals surface area contributed by atoms with E-state index in [0.717, 1.165) is 39.6 Å². The normalized spacial score (nSPS) is 11.5. The third-order valence-corrected chi connectivity index (χ3v) is 14.9. The Morgan fingerprint density at radius 3 is 0.920 bits per heavy atom. The highest BCUT2D eigenvalue weighted by atomic mass is 15.1. The Morgan fingerprint density at radius 1 is 0.187 bits per heavy atom. The van der Waals surface area contributed by atoms with Crippen LogP contribution in [0.25, 0.3) is 111 Å². The summed E-state index contributed by atoms with van der Waals surface area (Å²) in [6.07, 6.45) is 0. The van der Waals surface area contributed by atoms with Gasteiger partial charge in [-0.05, 0) is 171 Å². The number of benzene rings is 12. The summed E-state index contributed by atoms with van der Waals surface area (Å²) >= 11 is 0. The molecule has 0 saturated heterocycles. The Bertz CT molecular complexity index is 4170. The van der Waals surface area contributed by atoms with Crippen LogP contribution >= 0.6 is 0 Å². The first-order valence-electron chi connectivity index (χ1n) is 25.7. The van der Waals surface area contributed by atoms with Gasteiger partial charge < -0.3 is 14.0 Å². The largest absolute Gasteiger partial charge is 0.311 e. The van der Waals surface area contributed by atoms with Crippen LogP contribution in [-0.4, -0.2) is 9.13 Å². The third kappa shape index (κ3) is 7.95. The maximum Gasteiger partial charge on any atom is 0.0541 e. The molecule has 14 rings (SSSR count). The molecule has 0 unspecified atom stereocenters. The van der Waals surface area contributed by atoms with Crippen molar-refractivity contribution in [3.05, 3.63) is 297 Å². The third-order valence-electron chi connectivity index (χ3n) is 14.9. The summed E-state index contributed by atoms with van der Waals surface area (Å²) in [5.74, 6) is 0. The van der Waals surface area contributed by atoms with E-state index < -0.39 is 0 Å². The quantitative estimate of drug-likeness (QED) is 0.133. The minimum Gasteiger partial charge on any atom is -0.311 e. The van der Waals surface area contributed by atoms with E-state index >= 15 is 0 Å². The fraction of sp³-hybridized carbons (Fsp3) is 0. The number of para-hydroxylation sites is 5. The van der Waals surface area contributed by atoms with Gasteiger partial charge >= 0.3 is 0 Å². The van der Waals surface area contributed by atoms with Gasteiger partial charge in [-0.2, -0.15) is 0 Å². The van der Waals surface area contributed by atoms with Crippen LogP contribution in [0.1, 0.15) is 0 Å². The highest BCUT2D eigenvalue weighted by molar-refractivity contribution is 6.12. The monoisotopic (exact) mass is 955 g/mol. The van der Waals surface area contributed by atoms with Gasteiger partial charge in [0.2, 0.25) is 0 Å². The Kier molecular flexibility index (Phi) is 10.8. The summed E-state index contributed by atoms with van der Waals surface area (Å²) in [5, 5.41) is 4.95. The lowest BCUT2D eigenvalue weighted by Crippen LogP contribution is -2.09. The molecule has 2 aromatic heterocycles. The second-order valence-electron chi connectivity index (χ2n) is 19.3. The number of hydrogen-bond acceptors (Lipinski definition) is 1. The molecule has 0 aliphatic carbocycles. The molecule has 0 amide bonds. The van der Waals surface area contributed by atoms with Crippen molar-refractivity contribution >= 4 is 60.7 Å². The molecule has 3 heteroatoms. The van der Waals surface area contributed by atoms with Crippen LogP contribution in [0.3, 0.4) is 0 Å². The highest BCUT2D eigenvalue weighted by Gasteiger charge is 2.18. The van der Waals surface area contributed by atoms with E-state index in [1.807, 2.05) is 0 Å². The number of aromatic nitrogens is 2. The molecule has 0 spiro atoms. The van der Waals surface area contributed by atoms with Crippen molar-refractivity contribution in [1.29, 1.82) is 0 Å². The molecule has 0 fully saturated rings. The van der Waals surface area contributed by atoms with Gasteiger partial charge in [-0.15, -0.1) is 0 Å². The smallest absolute Gasteiger partial charge is 0.0541 e. The number of rotatable bonds is 10. The summed E-state index contributed by atoms with van der Waals surface area (Å²) in [7, 11) is 0. The highest BCUT2D eigenvalue weighted by Crippen LogP contribution is 2.42. The maximum absolute atomic E-state index is 2.39. The molecule has 12 aromatic carbocycles. The fourth-order valence-corrected chi connectivity index (χ4v) is 11.3. The van der Waals surface area contributed by atoms with Crippen molar-refractivity contribution in [3.8, 4) is 67.0 Å². The van der Waals surface area contributed by atoms with Gasteiger partial charge in [0.1, 0.15) is 0 Å². The van der Waals surface area contributed by atoms with Gasteiger partial charge in [0.25, 0.3) is 0 Å². The van der Waals surface area contributed by atoms with E-state index in [1.165, 1.54) is 88.1 Å². The summed E-state index contributed by atoms with van der Waals surface area (Å²) < 4.78 is 4.77. The molecule has 0 aliphatic heterocycles. The van der Waals surface area contributed by atoms with Crippen LogP contribution in [-0.2, 0) is 0 Å². The standard InChI is InChI=1S/C72H49N3/c1-5-17-50(18-6-1)52-33-39-63(40-34-52)73(60-19-7-2-8-20-60)64-41-35-53(36-42-64)51-29-31-54(32-30-51)57-45-58(55-37-43-71-67(48-55)65-25-13-15-27-69(65)74(71)61-21-9-3-10-22-61)47-59(46-57)56-38-44-72-68(49-56)66-26-14-16-28-70(66)75(72)62-23-11-4-12-24-62/h1-49H. The Labute approximate surface area is 436 Å². The van der Waals surface area contributed by atoms with E-state index in [9.17, 15) is 0 Å². The van der Waals surface area contributed by atoms with Crippen molar-refractivity contribution in [3.63, 3.8) is 0 Å². The Balaban J connectivity index is 0.856. The van der Waals surface area contributed by atoms with Gasteiger partial charge in [-0.1, -0.05) is 182 Å². The molecule has 0 radical (unpaired) electrons. The Morgan fingerprint density at radius 2 is 0.480 bits per heavy atom. The lowest BCUT2D eigenvalue weighted by Gasteiger charge is -2.26. The van der Waals surface area contributed by atoms with Crippen LogP contribution < -0.4 is 4.90 Å². The van der Waals surface area contributed by atoms with Crippen molar-refractivity contribution < 1.29 is 0 Å². The van der Waals surface area contributed by atoms with Gasteiger partial charge in [-0.25, -0.2) is 0 Å². The summed E-state index contributed by atoms with van der Waals surface area (Å²) in [6, 6.07) is 108. The molecule has 0 atom stereocenters. The zero-order valence-electron chi connectivity index (χ0n) is 41.1. The summed E-state index contributed by atoms with van der Waals surface area (Å²) in [4.78, 5) is 2.32. The van der Waals surface area contributed by atoms with Gasteiger partial charge in [-0.3, -0.25) is 0 Å². The molecule has 0 bridgehead atoms. The summed E-state index contributed by atoms with van der Waals surface area (Å²) in [6.45, 7) is 0. The molecule has 0 aliphatic rings. The van der Waals surface area contributed by atoms with E-state index in [2.05, 4.69) is 311 Å². The topological polar surface area (TPSA) is 13.1 Å². The number of fused-ring (bicyclic) bond motifs is 6. The van der Waals surface area contributed by atoms with Crippen molar-refractivity contribution in [1.82, 2.24) is 9.13 Å². The second kappa shape index (κ2) is 18.6. The first-order valence-corrected chi connectivity index (χ1v) is 25.7. The van der Waals surface area contributed by atoms with Crippen molar-refractivity contribution in [2.45, 2.75) is 0 Å². The van der Waals surface area contributed by atoms with E-state index in [1.54, 1.807) is 0 Å². The SMILES string of the molecule is c1ccc(-c2ccc(N(c3ccccc3)c3ccc(-c4ccc(-c5cc(-c6ccc7c(c6)c6ccccc6n7-c6ccccc6)cc(-c6ccc7c(c6)c6ccccc6n7-c6ccccc6)c5)cc4)cc3)cc2)cc1. The van der Waals surface area contributed by atoms with Crippen LogP contribution in [0, 0.1) is 0 Å². The average molecular weight is 956 g/mol. The molecule has 75 heavy (non-hydrogen) atoms. The number of nitrogens with zero attached hydrogens (tertiary/aromatic N) is 3. The number of hydrogen-bond donors (Lipinski definition) is 0. The van der Waals surface area contributed by atoms with Crippen molar-refractivity contribution in [2.75, 3.05) is 4.90 Å². The fourth-order valence-electron chi connectivity index (χ4n) is 11.3. The minimum absolute atomic E-state index is 1.10. The molecule has 352 valence electrons. The second-order valence-corrected chi connectivity index (χ2v) is 19.3. The Hall–Kier alpha value is -9.96. The average Bonchev–Trinajstić information content (AvgIpc) is 4.02. The molecule has 3 nitrogen and oxygen atoms in total. The summed E-state index contributed by atoms with van der Waals surface area (Å²) in [5.41, 5.74) is 22.2. The molecule has 0 saturated carbocycles. The van der Waals surface area contributed by atoms with E-state index in [4.69, 9.17) is 0 Å². The molecular formula is C72H49N3. The van der Waals surface area contributed by atoms with Gasteiger partial charge in [0.05, 0.1) is 22.1 Å². The first kappa shape index (κ1) is 43.8. The zero-order chi connectivity index (χ0) is 49.7. The lowest BCUT2D eigenvalue weighted by molar-refractivity contribution is 1.18. The van der Waals surface area contributed by atoms with Crippen LogP contribution in [0.2, 0.25) is 0 Å². The predicted octanol–water partition coefficient (Wildman–Crippen LogP) is 19.7. The van der Waals surface area contributed by atoms with Gasteiger partial charge in [0.15, 0.2) is 0 Å². The first-order chi connectivity index (χ1) is 37.2.